The highest BCUT2D eigenvalue weighted by atomic mass is 16.7. The Morgan fingerprint density at radius 1 is 1.00 bits per heavy atom. The minimum absolute atomic E-state index is 0.00596. The number of benzene rings is 1. The largest absolute Gasteiger partial charge is 0.469 e. The van der Waals surface area contributed by atoms with E-state index >= 15 is 0 Å². The SMILES string of the molecule is COC(=O)CCC(=O)OC[C@H](ON1C(C)(C)CCCC1(C)C)c1ccc(C)cc1. The molecule has 0 amide bonds. The highest BCUT2D eigenvalue weighted by Crippen LogP contribution is 2.40. The van der Waals surface area contributed by atoms with Crippen LogP contribution in [0.4, 0.5) is 0 Å². The molecule has 29 heavy (non-hydrogen) atoms. The van der Waals surface area contributed by atoms with E-state index in [4.69, 9.17) is 9.57 Å². The van der Waals surface area contributed by atoms with Crippen molar-refractivity contribution in [3.8, 4) is 0 Å². The molecule has 1 atom stereocenters. The molecule has 0 aliphatic carbocycles. The van der Waals surface area contributed by atoms with Gasteiger partial charge in [0.1, 0.15) is 12.7 Å². The summed E-state index contributed by atoms with van der Waals surface area (Å²) in [7, 11) is 1.30. The highest BCUT2D eigenvalue weighted by Gasteiger charge is 2.44. The number of ether oxygens (including phenoxy) is 2. The molecule has 6 heteroatoms. The molecule has 6 nitrogen and oxygen atoms in total. The first kappa shape index (κ1) is 23.4. The van der Waals surface area contributed by atoms with Crippen LogP contribution in [0.2, 0.25) is 0 Å². The fourth-order valence-electron chi connectivity index (χ4n) is 3.90. The van der Waals surface area contributed by atoms with E-state index in [2.05, 4.69) is 37.5 Å². The molecular weight excluding hydrogens is 370 g/mol. The van der Waals surface area contributed by atoms with Gasteiger partial charge in [-0.05, 0) is 59.4 Å². The second-order valence-corrected chi connectivity index (χ2v) is 9.04. The summed E-state index contributed by atoms with van der Waals surface area (Å²) in [4.78, 5) is 29.9. The van der Waals surface area contributed by atoms with Gasteiger partial charge in [0.25, 0.3) is 0 Å². The Morgan fingerprint density at radius 3 is 2.10 bits per heavy atom. The highest BCUT2D eigenvalue weighted by molar-refractivity contribution is 5.77. The Labute approximate surface area is 174 Å². The quantitative estimate of drug-likeness (QED) is 0.593. The van der Waals surface area contributed by atoms with E-state index in [1.54, 1.807) is 0 Å². The van der Waals surface area contributed by atoms with Gasteiger partial charge in [0.05, 0.1) is 20.0 Å². The van der Waals surface area contributed by atoms with Gasteiger partial charge in [0.15, 0.2) is 0 Å². The van der Waals surface area contributed by atoms with Crippen molar-refractivity contribution in [1.29, 1.82) is 0 Å². The number of esters is 2. The lowest BCUT2D eigenvalue weighted by molar-refractivity contribution is -0.311. The van der Waals surface area contributed by atoms with Crippen LogP contribution in [0.3, 0.4) is 0 Å². The summed E-state index contributed by atoms with van der Waals surface area (Å²) >= 11 is 0. The third-order valence-corrected chi connectivity index (χ3v) is 5.52. The molecule has 1 aliphatic heterocycles. The van der Waals surface area contributed by atoms with Gasteiger partial charge in [0.2, 0.25) is 0 Å². The molecule has 1 aromatic rings. The maximum Gasteiger partial charge on any atom is 0.306 e. The molecule has 0 bridgehead atoms. The van der Waals surface area contributed by atoms with Crippen LogP contribution in [0.1, 0.15) is 77.0 Å². The number of methoxy groups -OCH3 is 1. The van der Waals surface area contributed by atoms with E-state index in [0.717, 1.165) is 30.4 Å². The molecule has 1 saturated heterocycles. The maximum absolute atomic E-state index is 12.1. The summed E-state index contributed by atoms with van der Waals surface area (Å²) in [5.74, 6) is -0.863. The van der Waals surface area contributed by atoms with E-state index < -0.39 is 18.0 Å². The molecule has 0 saturated carbocycles. The van der Waals surface area contributed by atoms with Crippen molar-refractivity contribution >= 4 is 11.9 Å². The van der Waals surface area contributed by atoms with Gasteiger partial charge in [-0.15, -0.1) is 0 Å². The standard InChI is InChI=1S/C23H35NO5/c1-17-8-10-18(11-9-17)19(16-28-21(26)13-12-20(25)27-6)29-24-22(2,3)14-7-15-23(24,4)5/h8-11,19H,7,12-16H2,1-6H3/t19-/m0/s1. The van der Waals surface area contributed by atoms with E-state index in [0.29, 0.717) is 0 Å². The number of rotatable bonds is 8. The smallest absolute Gasteiger partial charge is 0.306 e. The molecule has 0 N–H and O–H groups in total. The Kier molecular flexibility index (Phi) is 7.83. The summed E-state index contributed by atoms with van der Waals surface area (Å²) in [6.07, 6.45) is 2.81. The second-order valence-electron chi connectivity index (χ2n) is 9.04. The average Bonchev–Trinajstić information content (AvgIpc) is 2.65. The van der Waals surface area contributed by atoms with Crippen LogP contribution in [-0.2, 0) is 23.9 Å². The number of carbonyl (C=O) groups excluding carboxylic acids is 2. The van der Waals surface area contributed by atoms with E-state index in [9.17, 15) is 9.59 Å². The Morgan fingerprint density at radius 2 is 1.55 bits per heavy atom. The third kappa shape index (κ3) is 6.54. The minimum atomic E-state index is -0.437. The lowest BCUT2D eigenvalue weighted by atomic mass is 9.82. The van der Waals surface area contributed by atoms with Crippen LogP contribution in [-0.4, -0.2) is 41.8 Å². The molecule has 0 radical (unpaired) electrons. The van der Waals surface area contributed by atoms with Crippen molar-refractivity contribution in [2.45, 2.75) is 83.9 Å². The first-order chi connectivity index (χ1) is 13.5. The number of carbonyl (C=O) groups is 2. The fourth-order valence-corrected chi connectivity index (χ4v) is 3.90. The zero-order chi connectivity index (χ0) is 21.7. The lowest BCUT2D eigenvalue weighted by Crippen LogP contribution is -2.58. The van der Waals surface area contributed by atoms with Gasteiger partial charge >= 0.3 is 11.9 Å². The molecule has 2 rings (SSSR count). The number of hydroxylamine groups is 2. The van der Waals surface area contributed by atoms with Crippen molar-refractivity contribution in [1.82, 2.24) is 5.06 Å². The van der Waals surface area contributed by atoms with Crippen molar-refractivity contribution in [3.05, 3.63) is 35.4 Å². The zero-order valence-electron chi connectivity index (χ0n) is 18.6. The molecular formula is C23H35NO5. The van der Waals surface area contributed by atoms with E-state index in [1.807, 2.05) is 31.2 Å². The number of hydrogen-bond donors (Lipinski definition) is 0. The summed E-state index contributed by atoms with van der Waals surface area (Å²) < 4.78 is 10.0. The molecule has 1 aliphatic rings. The Bertz CT molecular complexity index is 680. The van der Waals surface area contributed by atoms with Crippen LogP contribution in [0.15, 0.2) is 24.3 Å². The first-order valence-electron chi connectivity index (χ1n) is 10.3. The summed E-state index contributed by atoms with van der Waals surface area (Å²) in [6.45, 7) is 10.9. The molecule has 0 unspecified atom stereocenters. The predicted molar refractivity (Wildman–Crippen MR) is 111 cm³/mol. The van der Waals surface area contributed by atoms with E-state index in [-0.39, 0.29) is 30.5 Å². The van der Waals surface area contributed by atoms with Gasteiger partial charge in [0, 0.05) is 11.1 Å². The number of nitrogens with zero attached hydrogens (tertiary/aromatic N) is 1. The Balaban J connectivity index is 2.14. The van der Waals surface area contributed by atoms with Crippen LogP contribution >= 0.6 is 0 Å². The summed E-state index contributed by atoms with van der Waals surface area (Å²) in [5.41, 5.74) is 1.86. The van der Waals surface area contributed by atoms with Gasteiger partial charge in [-0.2, -0.15) is 5.06 Å². The van der Waals surface area contributed by atoms with Crippen molar-refractivity contribution in [3.63, 3.8) is 0 Å². The molecule has 0 spiro atoms. The van der Waals surface area contributed by atoms with Gasteiger partial charge in [-0.25, -0.2) is 0 Å². The average molecular weight is 406 g/mol. The van der Waals surface area contributed by atoms with Crippen LogP contribution in [0, 0.1) is 6.92 Å². The maximum atomic E-state index is 12.1. The van der Waals surface area contributed by atoms with Crippen molar-refractivity contribution in [2.75, 3.05) is 13.7 Å². The summed E-state index contributed by atoms with van der Waals surface area (Å²) in [6, 6.07) is 8.06. The number of aryl methyl sites for hydroxylation is 1. The third-order valence-electron chi connectivity index (χ3n) is 5.52. The molecule has 1 fully saturated rings. The van der Waals surface area contributed by atoms with Crippen LogP contribution in [0.25, 0.3) is 0 Å². The topological polar surface area (TPSA) is 65.1 Å². The van der Waals surface area contributed by atoms with Crippen molar-refractivity contribution in [2.24, 2.45) is 0 Å². The zero-order valence-corrected chi connectivity index (χ0v) is 18.6. The van der Waals surface area contributed by atoms with Gasteiger partial charge in [-0.3, -0.25) is 14.4 Å². The monoisotopic (exact) mass is 405 g/mol. The van der Waals surface area contributed by atoms with Crippen LogP contribution < -0.4 is 0 Å². The molecule has 1 heterocycles. The normalized spacial score (nSPS) is 19.4. The Hall–Kier alpha value is -1.92. The fraction of sp³-hybridized carbons (Fsp3) is 0.652. The molecule has 162 valence electrons. The van der Waals surface area contributed by atoms with Crippen molar-refractivity contribution < 1.29 is 23.9 Å². The molecule has 1 aromatic carbocycles. The van der Waals surface area contributed by atoms with E-state index in [1.165, 1.54) is 7.11 Å². The van der Waals surface area contributed by atoms with Crippen LogP contribution in [0.5, 0.6) is 0 Å². The lowest BCUT2D eigenvalue weighted by Gasteiger charge is -2.52. The van der Waals surface area contributed by atoms with Gasteiger partial charge < -0.3 is 9.47 Å². The number of piperidine rings is 1. The van der Waals surface area contributed by atoms with Gasteiger partial charge in [-0.1, -0.05) is 29.8 Å². The molecule has 0 aromatic heterocycles. The predicted octanol–water partition coefficient (Wildman–Crippen LogP) is 4.51. The number of hydrogen-bond acceptors (Lipinski definition) is 6. The second kappa shape index (κ2) is 9.72. The summed E-state index contributed by atoms with van der Waals surface area (Å²) in [5, 5.41) is 2.08. The first-order valence-corrected chi connectivity index (χ1v) is 10.3. The minimum Gasteiger partial charge on any atom is -0.469 e.